The summed E-state index contributed by atoms with van der Waals surface area (Å²) in [4.78, 5) is 0. The largest absolute Gasteiger partial charge is 0.316 e. The summed E-state index contributed by atoms with van der Waals surface area (Å²) < 4.78 is 0. The van der Waals surface area contributed by atoms with Crippen molar-refractivity contribution in [3.63, 3.8) is 0 Å². The molecule has 2 atom stereocenters. The van der Waals surface area contributed by atoms with Gasteiger partial charge >= 0.3 is 0 Å². The molecule has 0 radical (unpaired) electrons. The lowest BCUT2D eigenvalue weighted by Crippen LogP contribution is -2.27. The maximum Gasteiger partial charge on any atom is -0.000523 e. The lowest BCUT2D eigenvalue weighted by Gasteiger charge is -2.14. The normalized spacial score (nSPS) is 24.7. The third-order valence-electron chi connectivity index (χ3n) is 3.97. The third-order valence-corrected chi connectivity index (χ3v) is 3.97. The zero-order valence-corrected chi connectivity index (χ0v) is 12.1. The standard InChI is InChI=1S/C15H32N2/c1-13(2)8-6-4-5-7-9-16-11-15-12-17-10-14(15)3/h13-17H,4-12H2,1-3H3/t14-,15-/m1/s1. The van der Waals surface area contributed by atoms with Crippen LogP contribution in [0.3, 0.4) is 0 Å². The molecule has 2 nitrogen and oxygen atoms in total. The van der Waals surface area contributed by atoms with Crippen LogP contribution in [0.25, 0.3) is 0 Å². The Labute approximate surface area is 108 Å². The summed E-state index contributed by atoms with van der Waals surface area (Å²) in [5.74, 6) is 2.59. The van der Waals surface area contributed by atoms with Crippen molar-refractivity contribution in [2.75, 3.05) is 26.2 Å². The fourth-order valence-electron chi connectivity index (χ4n) is 2.58. The molecule has 0 spiro atoms. The maximum absolute atomic E-state index is 3.62. The summed E-state index contributed by atoms with van der Waals surface area (Å²) in [5, 5.41) is 7.08. The quantitative estimate of drug-likeness (QED) is 0.605. The Morgan fingerprint density at radius 3 is 2.53 bits per heavy atom. The van der Waals surface area contributed by atoms with E-state index in [1.807, 2.05) is 0 Å². The lowest BCUT2D eigenvalue weighted by molar-refractivity contribution is 0.415. The van der Waals surface area contributed by atoms with E-state index in [0.29, 0.717) is 0 Å². The van der Waals surface area contributed by atoms with Crippen LogP contribution < -0.4 is 10.6 Å². The smallest absolute Gasteiger partial charge is 0.000523 e. The first kappa shape index (κ1) is 15.0. The van der Waals surface area contributed by atoms with Crippen LogP contribution in [0, 0.1) is 17.8 Å². The molecule has 1 aliphatic heterocycles. The first-order valence-electron chi connectivity index (χ1n) is 7.61. The number of nitrogens with one attached hydrogen (secondary N) is 2. The summed E-state index contributed by atoms with van der Waals surface area (Å²) in [5.41, 5.74) is 0. The van der Waals surface area contributed by atoms with Gasteiger partial charge in [-0.2, -0.15) is 0 Å². The first-order valence-corrected chi connectivity index (χ1v) is 7.61. The van der Waals surface area contributed by atoms with E-state index in [4.69, 9.17) is 0 Å². The van der Waals surface area contributed by atoms with E-state index in [9.17, 15) is 0 Å². The minimum Gasteiger partial charge on any atom is -0.316 e. The van der Waals surface area contributed by atoms with Gasteiger partial charge in [0.05, 0.1) is 0 Å². The van der Waals surface area contributed by atoms with Gasteiger partial charge in [-0.05, 0) is 50.4 Å². The van der Waals surface area contributed by atoms with Gasteiger partial charge in [0, 0.05) is 0 Å². The van der Waals surface area contributed by atoms with Crippen molar-refractivity contribution in [2.45, 2.75) is 52.9 Å². The Hall–Kier alpha value is -0.0800. The van der Waals surface area contributed by atoms with Crippen LogP contribution in [0.4, 0.5) is 0 Å². The molecule has 2 N–H and O–H groups in total. The number of rotatable bonds is 9. The van der Waals surface area contributed by atoms with Crippen molar-refractivity contribution >= 4 is 0 Å². The van der Waals surface area contributed by atoms with E-state index in [1.165, 1.54) is 58.3 Å². The van der Waals surface area contributed by atoms with Gasteiger partial charge in [0.15, 0.2) is 0 Å². The molecular formula is C15H32N2. The Kier molecular flexibility index (Phi) is 7.87. The molecule has 0 aliphatic carbocycles. The highest BCUT2D eigenvalue weighted by molar-refractivity contribution is 4.79. The molecule has 1 aliphatic rings. The number of hydrogen-bond donors (Lipinski definition) is 2. The van der Waals surface area contributed by atoms with E-state index in [2.05, 4.69) is 31.4 Å². The summed E-state index contributed by atoms with van der Waals surface area (Å²) >= 11 is 0. The molecule has 1 saturated heterocycles. The number of hydrogen-bond acceptors (Lipinski definition) is 2. The predicted molar refractivity (Wildman–Crippen MR) is 76.3 cm³/mol. The van der Waals surface area contributed by atoms with Crippen molar-refractivity contribution in [1.29, 1.82) is 0 Å². The van der Waals surface area contributed by atoms with Crippen molar-refractivity contribution in [3.05, 3.63) is 0 Å². The van der Waals surface area contributed by atoms with Gasteiger partial charge in [0.2, 0.25) is 0 Å². The molecule has 17 heavy (non-hydrogen) atoms. The van der Waals surface area contributed by atoms with Gasteiger partial charge in [0.25, 0.3) is 0 Å². The van der Waals surface area contributed by atoms with E-state index < -0.39 is 0 Å². The van der Waals surface area contributed by atoms with E-state index in [-0.39, 0.29) is 0 Å². The molecular weight excluding hydrogens is 208 g/mol. The third kappa shape index (κ3) is 7.05. The summed E-state index contributed by atoms with van der Waals surface area (Å²) in [7, 11) is 0. The molecule has 0 amide bonds. The second-order valence-corrected chi connectivity index (χ2v) is 6.20. The highest BCUT2D eigenvalue weighted by Gasteiger charge is 2.21. The molecule has 0 saturated carbocycles. The highest BCUT2D eigenvalue weighted by atomic mass is 14.9. The lowest BCUT2D eigenvalue weighted by atomic mass is 9.98. The topological polar surface area (TPSA) is 24.1 Å². The van der Waals surface area contributed by atoms with Gasteiger partial charge < -0.3 is 10.6 Å². The molecule has 0 unspecified atom stereocenters. The monoisotopic (exact) mass is 240 g/mol. The van der Waals surface area contributed by atoms with Gasteiger partial charge in [0.1, 0.15) is 0 Å². The zero-order chi connectivity index (χ0) is 12.5. The maximum atomic E-state index is 3.62. The van der Waals surface area contributed by atoms with Crippen LogP contribution in [0.1, 0.15) is 52.9 Å². The van der Waals surface area contributed by atoms with Crippen LogP contribution in [0.2, 0.25) is 0 Å². The zero-order valence-electron chi connectivity index (χ0n) is 12.1. The predicted octanol–water partition coefficient (Wildman–Crippen LogP) is 3.04. The molecule has 0 aromatic heterocycles. The fraction of sp³-hybridized carbons (Fsp3) is 1.00. The first-order chi connectivity index (χ1) is 8.20. The second kappa shape index (κ2) is 8.93. The van der Waals surface area contributed by atoms with E-state index >= 15 is 0 Å². The van der Waals surface area contributed by atoms with E-state index in [0.717, 1.165) is 17.8 Å². The summed E-state index contributed by atoms with van der Waals surface area (Å²) in [6.45, 7) is 11.8. The average molecular weight is 240 g/mol. The van der Waals surface area contributed by atoms with Crippen molar-refractivity contribution in [1.82, 2.24) is 10.6 Å². The van der Waals surface area contributed by atoms with Gasteiger partial charge in [-0.25, -0.2) is 0 Å². The SMILES string of the molecule is CC(C)CCCCCCNC[C@@H]1CNC[C@H]1C. The molecule has 0 bridgehead atoms. The molecule has 1 fully saturated rings. The van der Waals surface area contributed by atoms with Crippen molar-refractivity contribution in [2.24, 2.45) is 17.8 Å². The number of unbranched alkanes of at least 4 members (excludes halogenated alkanes) is 3. The van der Waals surface area contributed by atoms with Gasteiger partial charge in [-0.15, -0.1) is 0 Å². The molecule has 2 heteroatoms. The molecule has 102 valence electrons. The minimum atomic E-state index is 0.855. The molecule has 1 rings (SSSR count). The fourth-order valence-corrected chi connectivity index (χ4v) is 2.58. The van der Waals surface area contributed by atoms with Crippen LogP contribution in [-0.4, -0.2) is 26.2 Å². The van der Waals surface area contributed by atoms with Crippen LogP contribution >= 0.6 is 0 Å². The Bertz CT molecular complexity index is 180. The average Bonchev–Trinajstić information content (AvgIpc) is 2.68. The highest BCUT2D eigenvalue weighted by Crippen LogP contribution is 2.14. The Morgan fingerprint density at radius 2 is 1.88 bits per heavy atom. The van der Waals surface area contributed by atoms with Crippen LogP contribution in [-0.2, 0) is 0 Å². The summed E-state index contributed by atoms with van der Waals surface area (Å²) in [6, 6.07) is 0. The Morgan fingerprint density at radius 1 is 1.12 bits per heavy atom. The van der Waals surface area contributed by atoms with Crippen molar-refractivity contribution < 1.29 is 0 Å². The Balaban J connectivity index is 1.81. The molecule has 0 aromatic carbocycles. The van der Waals surface area contributed by atoms with Crippen molar-refractivity contribution in [3.8, 4) is 0 Å². The second-order valence-electron chi connectivity index (χ2n) is 6.20. The minimum absolute atomic E-state index is 0.855. The van der Waals surface area contributed by atoms with Crippen LogP contribution in [0.5, 0.6) is 0 Å². The summed E-state index contributed by atoms with van der Waals surface area (Å²) in [6.07, 6.45) is 6.99. The van der Waals surface area contributed by atoms with Crippen LogP contribution in [0.15, 0.2) is 0 Å². The molecule has 1 heterocycles. The van der Waals surface area contributed by atoms with Gasteiger partial charge in [-0.3, -0.25) is 0 Å². The molecule has 0 aromatic rings. The van der Waals surface area contributed by atoms with Gasteiger partial charge in [-0.1, -0.05) is 46.5 Å². The van der Waals surface area contributed by atoms with E-state index in [1.54, 1.807) is 0 Å².